The molecule has 0 atom stereocenters. The minimum absolute atomic E-state index is 0.277. The molecule has 0 radical (unpaired) electrons. The van der Waals surface area contributed by atoms with Gasteiger partial charge in [-0.1, -0.05) is 24.3 Å². The van der Waals surface area contributed by atoms with Crippen LogP contribution in [0.2, 0.25) is 0 Å². The Hall–Kier alpha value is -3.21. The lowest BCUT2D eigenvalue weighted by atomic mass is 10.1. The van der Waals surface area contributed by atoms with Crippen LogP contribution in [0.15, 0.2) is 60.7 Å². The molecule has 0 saturated carbocycles. The van der Waals surface area contributed by atoms with Crippen LogP contribution in [0.5, 0.6) is 5.75 Å². The van der Waals surface area contributed by atoms with Crippen molar-refractivity contribution in [2.24, 2.45) is 0 Å². The summed E-state index contributed by atoms with van der Waals surface area (Å²) >= 11 is 0. The van der Waals surface area contributed by atoms with Crippen LogP contribution in [0, 0.1) is 0 Å². The molecule has 0 spiro atoms. The highest BCUT2D eigenvalue weighted by molar-refractivity contribution is 5.99. The third kappa shape index (κ3) is 3.88. The van der Waals surface area contributed by atoms with E-state index in [-0.39, 0.29) is 6.61 Å². The number of fused-ring (bicyclic) bond motifs is 1. The zero-order valence-electron chi connectivity index (χ0n) is 15.2. The van der Waals surface area contributed by atoms with Gasteiger partial charge in [0.2, 0.25) is 0 Å². The van der Waals surface area contributed by atoms with E-state index in [2.05, 4.69) is 22.3 Å². The van der Waals surface area contributed by atoms with E-state index >= 15 is 0 Å². The summed E-state index contributed by atoms with van der Waals surface area (Å²) in [5.74, 6) is 0.479. The van der Waals surface area contributed by atoms with E-state index in [9.17, 15) is 4.79 Å². The summed E-state index contributed by atoms with van der Waals surface area (Å²) in [5, 5.41) is 5.24. The van der Waals surface area contributed by atoms with E-state index in [1.807, 2.05) is 56.6 Å². The molecule has 0 aliphatic heterocycles. The summed E-state index contributed by atoms with van der Waals surface area (Å²) in [6.45, 7) is 2.02. The average Bonchev–Trinajstić information content (AvgIpc) is 2.64. The molecule has 0 unspecified atom stereocenters. The van der Waals surface area contributed by atoms with Gasteiger partial charge in [-0.05, 0) is 43.3 Å². The van der Waals surface area contributed by atoms with Crippen molar-refractivity contribution in [3.8, 4) is 5.75 Å². The summed E-state index contributed by atoms with van der Waals surface area (Å²) in [7, 11) is 4.02. The zero-order chi connectivity index (χ0) is 18.5. The van der Waals surface area contributed by atoms with Crippen molar-refractivity contribution < 1.29 is 14.3 Å². The number of ether oxygens (including phenoxy) is 2. The van der Waals surface area contributed by atoms with Crippen LogP contribution in [0.4, 0.5) is 21.9 Å². The molecule has 3 aromatic carbocycles. The molecule has 5 nitrogen and oxygen atoms in total. The molecule has 0 heterocycles. The van der Waals surface area contributed by atoms with Gasteiger partial charge >= 0.3 is 6.16 Å². The van der Waals surface area contributed by atoms with Crippen LogP contribution in [0.3, 0.4) is 0 Å². The third-order valence-corrected chi connectivity index (χ3v) is 4.00. The Balaban J connectivity index is 1.91. The van der Waals surface area contributed by atoms with E-state index in [0.717, 1.165) is 27.8 Å². The number of anilines is 3. The summed E-state index contributed by atoms with van der Waals surface area (Å²) in [6, 6.07) is 19.6. The predicted octanol–water partition coefficient (Wildman–Crippen LogP) is 5.18. The quantitative estimate of drug-likeness (QED) is 0.507. The Labute approximate surface area is 153 Å². The van der Waals surface area contributed by atoms with Gasteiger partial charge in [0.05, 0.1) is 6.61 Å². The van der Waals surface area contributed by atoms with E-state index in [1.165, 1.54) is 0 Å². The minimum atomic E-state index is -0.697. The van der Waals surface area contributed by atoms with Gasteiger partial charge in [-0.2, -0.15) is 0 Å². The molecule has 134 valence electrons. The normalized spacial score (nSPS) is 10.4. The molecule has 0 aliphatic rings. The van der Waals surface area contributed by atoms with Gasteiger partial charge in [0, 0.05) is 41.9 Å². The fraction of sp³-hybridized carbons (Fsp3) is 0.190. The standard InChI is InChI=1S/C21H22N2O3/c1-4-25-21(24)26-20-14-13-19(17-7-5-6-8-18(17)20)22-15-9-11-16(12-10-15)23(2)3/h5-14,22H,4H2,1-3H3. The molecule has 0 aromatic heterocycles. The first-order chi connectivity index (χ1) is 12.6. The van der Waals surface area contributed by atoms with Gasteiger partial charge in [0.15, 0.2) is 0 Å². The van der Waals surface area contributed by atoms with E-state index in [4.69, 9.17) is 9.47 Å². The Kier molecular flexibility index (Phi) is 5.27. The monoisotopic (exact) mass is 350 g/mol. The molecular formula is C21H22N2O3. The van der Waals surface area contributed by atoms with E-state index in [1.54, 1.807) is 13.0 Å². The first-order valence-corrected chi connectivity index (χ1v) is 8.49. The molecule has 0 amide bonds. The van der Waals surface area contributed by atoms with Gasteiger partial charge in [-0.3, -0.25) is 0 Å². The van der Waals surface area contributed by atoms with Crippen molar-refractivity contribution in [1.29, 1.82) is 0 Å². The second-order valence-corrected chi connectivity index (χ2v) is 6.01. The number of hydrogen-bond acceptors (Lipinski definition) is 5. The molecule has 5 heteroatoms. The van der Waals surface area contributed by atoms with Crippen molar-refractivity contribution in [3.63, 3.8) is 0 Å². The average molecular weight is 350 g/mol. The largest absolute Gasteiger partial charge is 0.513 e. The molecule has 1 N–H and O–H groups in total. The molecule has 0 bridgehead atoms. The highest BCUT2D eigenvalue weighted by Gasteiger charge is 2.11. The lowest BCUT2D eigenvalue weighted by molar-refractivity contribution is 0.105. The maximum absolute atomic E-state index is 11.7. The topological polar surface area (TPSA) is 50.8 Å². The van der Waals surface area contributed by atoms with Crippen LogP contribution in [0.1, 0.15) is 6.92 Å². The second-order valence-electron chi connectivity index (χ2n) is 6.01. The Bertz CT molecular complexity index is 905. The number of nitrogens with one attached hydrogen (secondary N) is 1. The van der Waals surface area contributed by atoms with Crippen LogP contribution >= 0.6 is 0 Å². The number of nitrogens with zero attached hydrogens (tertiary/aromatic N) is 1. The third-order valence-electron chi connectivity index (χ3n) is 4.00. The van der Waals surface area contributed by atoms with Crippen LogP contribution in [0.25, 0.3) is 10.8 Å². The first-order valence-electron chi connectivity index (χ1n) is 8.49. The molecule has 0 fully saturated rings. The van der Waals surface area contributed by atoms with Crippen molar-refractivity contribution in [2.45, 2.75) is 6.92 Å². The zero-order valence-corrected chi connectivity index (χ0v) is 15.2. The summed E-state index contributed by atoms with van der Waals surface area (Å²) in [6.07, 6.45) is -0.697. The highest BCUT2D eigenvalue weighted by Crippen LogP contribution is 2.33. The summed E-state index contributed by atoms with van der Waals surface area (Å²) in [5.41, 5.74) is 3.06. The smallest absolute Gasteiger partial charge is 0.434 e. The van der Waals surface area contributed by atoms with Crippen LogP contribution in [-0.2, 0) is 4.74 Å². The Morgan fingerprint density at radius 1 is 0.962 bits per heavy atom. The Morgan fingerprint density at radius 2 is 1.65 bits per heavy atom. The van der Waals surface area contributed by atoms with Gasteiger partial charge in [-0.15, -0.1) is 0 Å². The molecule has 0 saturated heterocycles. The fourth-order valence-electron chi connectivity index (χ4n) is 2.70. The number of hydrogen-bond donors (Lipinski definition) is 1. The fourth-order valence-corrected chi connectivity index (χ4v) is 2.70. The van der Waals surface area contributed by atoms with Crippen LogP contribution < -0.4 is 15.0 Å². The van der Waals surface area contributed by atoms with Crippen molar-refractivity contribution in [1.82, 2.24) is 0 Å². The number of benzene rings is 3. The van der Waals surface area contributed by atoms with E-state index < -0.39 is 6.16 Å². The summed E-state index contributed by atoms with van der Waals surface area (Å²) in [4.78, 5) is 13.7. The van der Waals surface area contributed by atoms with E-state index in [0.29, 0.717) is 5.75 Å². The van der Waals surface area contributed by atoms with Gasteiger partial charge in [0.25, 0.3) is 0 Å². The lowest BCUT2D eigenvalue weighted by Crippen LogP contribution is -2.10. The van der Waals surface area contributed by atoms with Gasteiger partial charge < -0.3 is 19.7 Å². The number of rotatable bonds is 5. The van der Waals surface area contributed by atoms with Gasteiger partial charge in [-0.25, -0.2) is 4.79 Å². The molecule has 0 aliphatic carbocycles. The lowest BCUT2D eigenvalue weighted by Gasteiger charge is -2.15. The molecule has 3 rings (SSSR count). The van der Waals surface area contributed by atoms with Gasteiger partial charge in [0.1, 0.15) is 5.75 Å². The predicted molar refractivity (Wildman–Crippen MR) is 106 cm³/mol. The maximum atomic E-state index is 11.7. The molecular weight excluding hydrogens is 328 g/mol. The molecule has 26 heavy (non-hydrogen) atoms. The van der Waals surface area contributed by atoms with Crippen LogP contribution in [-0.4, -0.2) is 26.9 Å². The first kappa shape index (κ1) is 17.6. The molecule has 3 aromatic rings. The SMILES string of the molecule is CCOC(=O)Oc1ccc(Nc2ccc(N(C)C)cc2)c2ccccc12. The maximum Gasteiger partial charge on any atom is 0.513 e. The van der Waals surface area contributed by atoms with Crippen molar-refractivity contribution >= 4 is 34.0 Å². The van der Waals surface area contributed by atoms with Crippen molar-refractivity contribution in [2.75, 3.05) is 30.9 Å². The van der Waals surface area contributed by atoms with Crippen molar-refractivity contribution in [3.05, 3.63) is 60.7 Å². The highest BCUT2D eigenvalue weighted by atomic mass is 16.7. The summed E-state index contributed by atoms with van der Waals surface area (Å²) < 4.78 is 10.2. The number of carbonyl (C=O) groups excluding carboxylic acids is 1. The minimum Gasteiger partial charge on any atom is -0.434 e. The second kappa shape index (κ2) is 7.78. The number of carbonyl (C=O) groups is 1. The Morgan fingerprint density at radius 3 is 2.31 bits per heavy atom.